The lowest BCUT2D eigenvalue weighted by Gasteiger charge is -2.17. The van der Waals surface area contributed by atoms with Crippen LogP contribution in [-0.4, -0.2) is 30.0 Å². The highest BCUT2D eigenvalue weighted by molar-refractivity contribution is 6.03. The molecule has 0 bridgehead atoms. The van der Waals surface area contributed by atoms with E-state index in [1.807, 2.05) is 44.1 Å². The van der Waals surface area contributed by atoms with E-state index in [4.69, 9.17) is 5.73 Å². The molecule has 3 N–H and O–H groups in total. The minimum atomic E-state index is -0.314. The third-order valence-electron chi connectivity index (χ3n) is 2.85. The second-order valence-corrected chi connectivity index (χ2v) is 4.68. The van der Waals surface area contributed by atoms with E-state index in [0.717, 1.165) is 11.3 Å². The van der Waals surface area contributed by atoms with E-state index < -0.39 is 0 Å². The number of anilines is 3. The fraction of sp³-hybridized carbons (Fsp3) is 0.214. The molecule has 0 saturated heterocycles. The van der Waals surface area contributed by atoms with Gasteiger partial charge in [0.25, 0.3) is 5.91 Å². The summed E-state index contributed by atoms with van der Waals surface area (Å²) in [4.78, 5) is 21.8. The summed E-state index contributed by atoms with van der Waals surface area (Å²) in [5, 5.41) is 2.79. The molecule has 2 aromatic rings. The molecule has 6 heteroatoms. The Morgan fingerprint density at radius 3 is 2.60 bits per heavy atom. The zero-order valence-electron chi connectivity index (χ0n) is 11.7. The minimum Gasteiger partial charge on any atom is -0.382 e. The van der Waals surface area contributed by atoms with Crippen LogP contribution >= 0.6 is 0 Å². The van der Waals surface area contributed by atoms with Gasteiger partial charge in [-0.15, -0.1) is 0 Å². The molecule has 0 radical (unpaired) electrons. The topological polar surface area (TPSA) is 84.1 Å². The first kappa shape index (κ1) is 13.8. The predicted octanol–water partition coefficient (Wildman–Crippen LogP) is 1.69. The Bertz CT molecular complexity index is 622. The standard InChI is InChI=1S/C14H17N5O/c1-9-4-5-10(6-12(9)19(2)3)18-14(20)11-7-17-13(15)8-16-11/h4-8H,1-3H3,(H2,15,17)(H,18,20). The maximum Gasteiger partial charge on any atom is 0.275 e. The van der Waals surface area contributed by atoms with Crippen molar-refractivity contribution in [3.8, 4) is 0 Å². The molecule has 1 heterocycles. The summed E-state index contributed by atoms with van der Waals surface area (Å²) in [6, 6.07) is 5.72. The molecule has 0 spiro atoms. The van der Waals surface area contributed by atoms with Gasteiger partial charge in [0.2, 0.25) is 0 Å². The van der Waals surface area contributed by atoms with Crippen molar-refractivity contribution in [2.45, 2.75) is 6.92 Å². The van der Waals surface area contributed by atoms with Crippen LogP contribution in [0.1, 0.15) is 16.1 Å². The summed E-state index contributed by atoms with van der Waals surface area (Å²) in [5.41, 5.74) is 8.56. The molecule has 0 aliphatic heterocycles. The Hall–Kier alpha value is -2.63. The molecule has 0 aliphatic carbocycles. The highest BCUT2D eigenvalue weighted by atomic mass is 16.1. The van der Waals surface area contributed by atoms with Crippen LogP contribution in [0.5, 0.6) is 0 Å². The monoisotopic (exact) mass is 271 g/mol. The Kier molecular flexibility index (Phi) is 3.84. The lowest BCUT2D eigenvalue weighted by molar-refractivity contribution is 0.102. The highest BCUT2D eigenvalue weighted by Crippen LogP contribution is 2.22. The molecule has 1 amide bonds. The first-order valence-corrected chi connectivity index (χ1v) is 6.14. The molecule has 0 saturated carbocycles. The van der Waals surface area contributed by atoms with Gasteiger partial charge in [-0.2, -0.15) is 0 Å². The van der Waals surface area contributed by atoms with Crippen molar-refractivity contribution in [3.05, 3.63) is 41.9 Å². The molecule has 0 atom stereocenters. The normalized spacial score (nSPS) is 10.2. The molecular formula is C14H17N5O. The first-order valence-electron chi connectivity index (χ1n) is 6.14. The van der Waals surface area contributed by atoms with Gasteiger partial charge in [-0.1, -0.05) is 6.07 Å². The number of aromatic nitrogens is 2. The van der Waals surface area contributed by atoms with E-state index >= 15 is 0 Å². The molecular weight excluding hydrogens is 254 g/mol. The van der Waals surface area contributed by atoms with Crippen molar-refractivity contribution >= 4 is 23.1 Å². The van der Waals surface area contributed by atoms with Crippen molar-refractivity contribution in [3.63, 3.8) is 0 Å². The van der Waals surface area contributed by atoms with Crippen molar-refractivity contribution in [2.24, 2.45) is 0 Å². The van der Waals surface area contributed by atoms with E-state index in [9.17, 15) is 4.79 Å². The Morgan fingerprint density at radius 2 is 2.00 bits per heavy atom. The molecule has 20 heavy (non-hydrogen) atoms. The zero-order chi connectivity index (χ0) is 14.7. The van der Waals surface area contributed by atoms with Crippen molar-refractivity contribution in [1.82, 2.24) is 9.97 Å². The van der Waals surface area contributed by atoms with Gasteiger partial charge in [0, 0.05) is 25.5 Å². The van der Waals surface area contributed by atoms with Gasteiger partial charge in [0.1, 0.15) is 11.5 Å². The number of nitrogens with one attached hydrogen (secondary N) is 1. The van der Waals surface area contributed by atoms with E-state index in [2.05, 4.69) is 15.3 Å². The molecule has 0 fully saturated rings. The smallest absolute Gasteiger partial charge is 0.275 e. The van der Waals surface area contributed by atoms with E-state index in [1.165, 1.54) is 12.4 Å². The summed E-state index contributed by atoms with van der Waals surface area (Å²) in [6.07, 6.45) is 2.71. The van der Waals surface area contributed by atoms with Crippen molar-refractivity contribution in [2.75, 3.05) is 30.0 Å². The van der Waals surface area contributed by atoms with E-state index in [1.54, 1.807) is 0 Å². The van der Waals surface area contributed by atoms with Crippen LogP contribution in [0.25, 0.3) is 0 Å². The molecule has 104 valence electrons. The SMILES string of the molecule is Cc1ccc(NC(=O)c2cnc(N)cn2)cc1N(C)C. The van der Waals surface area contributed by atoms with E-state index in [0.29, 0.717) is 5.69 Å². The maximum absolute atomic E-state index is 12.0. The van der Waals surface area contributed by atoms with Gasteiger partial charge in [0.05, 0.1) is 12.4 Å². The number of nitrogen functional groups attached to an aromatic ring is 1. The van der Waals surface area contributed by atoms with Crippen molar-refractivity contribution in [1.29, 1.82) is 0 Å². The van der Waals surface area contributed by atoms with E-state index in [-0.39, 0.29) is 17.4 Å². The predicted molar refractivity (Wildman–Crippen MR) is 79.9 cm³/mol. The van der Waals surface area contributed by atoms with Crippen LogP contribution in [0, 0.1) is 6.92 Å². The molecule has 0 aliphatic rings. The van der Waals surface area contributed by atoms with Gasteiger partial charge in [-0.05, 0) is 24.6 Å². The molecule has 0 unspecified atom stereocenters. The quantitative estimate of drug-likeness (QED) is 0.887. The summed E-state index contributed by atoms with van der Waals surface area (Å²) in [6.45, 7) is 2.02. The molecule has 6 nitrogen and oxygen atoms in total. The largest absolute Gasteiger partial charge is 0.382 e. The number of aryl methyl sites for hydroxylation is 1. The summed E-state index contributed by atoms with van der Waals surface area (Å²) in [5.74, 6) is -0.0298. The number of carbonyl (C=O) groups excluding carboxylic acids is 1. The lowest BCUT2D eigenvalue weighted by Crippen LogP contribution is -2.15. The average Bonchev–Trinajstić information content (AvgIpc) is 2.41. The lowest BCUT2D eigenvalue weighted by atomic mass is 10.1. The highest BCUT2D eigenvalue weighted by Gasteiger charge is 2.09. The number of nitrogens with two attached hydrogens (primary N) is 1. The second-order valence-electron chi connectivity index (χ2n) is 4.68. The average molecular weight is 271 g/mol. The molecule has 1 aromatic heterocycles. The van der Waals surface area contributed by atoms with Gasteiger partial charge < -0.3 is 16.0 Å². The summed E-state index contributed by atoms with van der Waals surface area (Å²) < 4.78 is 0. The third kappa shape index (κ3) is 3.03. The summed E-state index contributed by atoms with van der Waals surface area (Å²) >= 11 is 0. The van der Waals surface area contributed by atoms with Crippen molar-refractivity contribution < 1.29 is 4.79 Å². The maximum atomic E-state index is 12.0. The van der Waals surface area contributed by atoms with Crippen LogP contribution in [-0.2, 0) is 0 Å². The van der Waals surface area contributed by atoms with Crippen LogP contribution in [0.2, 0.25) is 0 Å². The van der Waals surface area contributed by atoms with Crippen LogP contribution in [0.15, 0.2) is 30.6 Å². The zero-order valence-corrected chi connectivity index (χ0v) is 11.7. The number of benzene rings is 1. The number of rotatable bonds is 3. The fourth-order valence-corrected chi connectivity index (χ4v) is 1.82. The van der Waals surface area contributed by atoms with Gasteiger partial charge in [0.15, 0.2) is 0 Å². The summed E-state index contributed by atoms with van der Waals surface area (Å²) in [7, 11) is 3.92. The van der Waals surface area contributed by atoms with Gasteiger partial charge >= 0.3 is 0 Å². The number of amides is 1. The molecule has 2 rings (SSSR count). The third-order valence-corrected chi connectivity index (χ3v) is 2.85. The van der Waals surface area contributed by atoms with Crippen LogP contribution in [0.3, 0.4) is 0 Å². The number of hydrogen-bond acceptors (Lipinski definition) is 5. The second kappa shape index (κ2) is 5.56. The Balaban J connectivity index is 2.19. The number of hydrogen-bond donors (Lipinski definition) is 2. The Labute approximate surface area is 117 Å². The first-order chi connectivity index (χ1) is 9.47. The minimum absolute atomic E-state index is 0.228. The van der Waals surface area contributed by atoms with Gasteiger partial charge in [-0.3, -0.25) is 4.79 Å². The Morgan fingerprint density at radius 1 is 1.25 bits per heavy atom. The fourth-order valence-electron chi connectivity index (χ4n) is 1.82. The van der Waals surface area contributed by atoms with Gasteiger partial charge in [-0.25, -0.2) is 9.97 Å². The molecule has 1 aromatic carbocycles. The van der Waals surface area contributed by atoms with Crippen LogP contribution < -0.4 is 16.0 Å². The number of nitrogens with zero attached hydrogens (tertiary/aromatic N) is 3. The van der Waals surface area contributed by atoms with Crippen LogP contribution in [0.4, 0.5) is 17.2 Å². The number of carbonyl (C=O) groups is 1.